The summed E-state index contributed by atoms with van der Waals surface area (Å²) in [5.41, 5.74) is 2.64. The normalized spacial score (nSPS) is 22.9. The Hall–Kier alpha value is -1.22. The Labute approximate surface area is 124 Å². The van der Waals surface area contributed by atoms with Crippen molar-refractivity contribution in [1.29, 1.82) is 0 Å². The van der Waals surface area contributed by atoms with Crippen molar-refractivity contribution in [2.75, 3.05) is 37.0 Å². The lowest BCUT2D eigenvalue weighted by molar-refractivity contribution is 0.369. The number of nitrogens with zero attached hydrogens (tertiary/aromatic N) is 2. The maximum atomic E-state index is 3.67. The van der Waals surface area contributed by atoms with E-state index in [9.17, 15) is 0 Å². The third kappa shape index (κ3) is 3.66. The molecule has 3 nitrogen and oxygen atoms in total. The molecule has 0 radical (unpaired) electrons. The molecule has 0 aliphatic carbocycles. The number of piperidine rings is 1. The molecule has 1 N–H and O–H groups in total. The van der Waals surface area contributed by atoms with Crippen LogP contribution in [-0.2, 0) is 0 Å². The van der Waals surface area contributed by atoms with Gasteiger partial charge in [0.15, 0.2) is 0 Å². The Kier molecular flexibility index (Phi) is 5.30. The van der Waals surface area contributed by atoms with Crippen molar-refractivity contribution in [3.63, 3.8) is 0 Å². The molecule has 0 bridgehead atoms. The van der Waals surface area contributed by atoms with Crippen LogP contribution in [0.1, 0.15) is 33.1 Å². The molecule has 1 saturated heterocycles. The second-order valence-electron chi connectivity index (χ2n) is 6.13. The lowest BCUT2D eigenvalue weighted by atomic mass is 9.97. The van der Waals surface area contributed by atoms with Gasteiger partial charge < -0.3 is 15.1 Å². The maximum Gasteiger partial charge on any atom is 0.0389 e. The van der Waals surface area contributed by atoms with Crippen molar-refractivity contribution in [1.82, 2.24) is 5.32 Å². The molecule has 1 aliphatic heterocycles. The maximum absolute atomic E-state index is 3.67. The number of anilines is 2. The molecular formula is C17H29N3. The summed E-state index contributed by atoms with van der Waals surface area (Å²) in [6, 6.07) is 10.2. The first-order valence-electron chi connectivity index (χ1n) is 7.89. The van der Waals surface area contributed by atoms with E-state index in [0.717, 1.165) is 13.1 Å². The van der Waals surface area contributed by atoms with Gasteiger partial charge in [0, 0.05) is 44.1 Å². The van der Waals surface area contributed by atoms with E-state index in [0.29, 0.717) is 12.1 Å². The van der Waals surface area contributed by atoms with Gasteiger partial charge in [-0.3, -0.25) is 0 Å². The van der Waals surface area contributed by atoms with E-state index in [-0.39, 0.29) is 0 Å². The first-order valence-corrected chi connectivity index (χ1v) is 7.89. The van der Waals surface area contributed by atoms with Crippen molar-refractivity contribution < 1.29 is 0 Å². The Balaban J connectivity index is 2.02. The van der Waals surface area contributed by atoms with Crippen molar-refractivity contribution in [2.24, 2.45) is 0 Å². The molecule has 0 spiro atoms. The fourth-order valence-electron chi connectivity index (χ4n) is 3.04. The van der Waals surface area contributed by atoms with Gasteiger partial charge in [0.25, 0.3) is 0 Å². The minimum atomic E-state index is 0.607. The molecule has 1 aromatic rings. The fraction of sp³-hybridized carbons (Fsp3) is 0.647. The number of benzene rings is 1. The first kappa shape index (κ1) is 15.2. The van der Waals surface area contributed by atoms with E-state index >= 15 is 0 Å². The Bertz CT molecular complexity index is 416. The Morgan fingerprint density at radius 1 is 1.35 bits per heavy atom. The largest absolute Gasteiger partial charge is 0.378 e. The van der Waals surface area contributed by atoms with Gasteiger partial charge in [-0.15, -0.1) is 0 Å². The van der Waals surface area contributed by atoms with Crippen LogP contribution < -0.4 is 15.1 Å². The summed E-state index contributed by atoms with van der Waals surface area (Å²) in [5, 5.41) is 3.67. The van der Waals surface area contributed by atoms with Crippen LogP contribution in [0.3, 0.4) is 0 Å². The molecule has 2 rings (SSSR count). The lowest BCUT2D eigenvalue weighted by Crippen LogP contribution is -2.47. The van der Waals surface area contributed by atoms with Crippen LogP contribution in [0.4, 0.5) is 11.4 Å². The Morgan fingerprint density at radius 3 is 2.80 bits per heavy atom. The third-order valence-electron chi connectivity index (χ3n) is 4.24. The monoisotopic (exact) mass is 275 g/mol. The average Bonchev–Trinajstić information content (AvgIpc) is 2.45. The van der Waals surface area contributed by atoms with Crippen LogP contribution in [0.5, 0.6) is 0 Å². The summed E-state index contributed by atoms with van der Waals surface area (Å²) in [5.74, 6) is 0. The smallest absolute Gasteiger partial charge is 0.0389 e. The van der Waals surface area contributed by atoms with Gasteiger partial charge in [0.2, 0.25) is 0 Å². The van der Waals surface area contributed by atoms with Crippen molar-refractivity contribution in [3.05, 3.63) is 24.3 Å². The van der Waals surface area contributed by atoms with Crippen LogP contribution in [0.15, 0.2) is 24.3 Å². The van der Waals surface area contributed by atoms with E-state index in [4.69, 9.17) is 0 Å². The van der Waals surface area contributed by atoms with Crippen LogP contribution in [-0.4, -0.2) is 39.3 Å². The second-order valence-corrected chi connectivity index (χ2v) is 6.13. The van der Waals surface area contributed by atoms with Crippen molar-refractivity contribution >= 4 is 11.4 Å². The van der Waals surface area contributed by atoms with Crippen LogP contribution in [0.2, 0.25) is 0 Å². The van der Waals surface area contributed by atoms with Crippen LogP contribution in [0, 0.1) is 0 Å². The lowest BCUT2D eigenvalue weighted by Gasteiger charge is -2.40. The zero-order chi connectivity index (χ0) is 14.5. The number of hydrogen-bond donors (Lipinski definition) is 1. The first-order chi connectivity index (χ1) is 9.61. The highest BCUT2D eigenvalue weighted by Crippen LogP contribution is 2.27. The summed E-state index contributed by atoms with van der Waals surface area (Å²) in [6.45, 7) is 6.88. The standard InChI is InChI=1S/C17H29N3/c1-5-10-18-15-9-11-20(14(2)12-15)17-8-6-7-16(13-17)19(3)4/h6-8,13-15,18H,5,9-12H2,1-4H3. The van der Waals surface area contributed by atoms with Gasteiger partial charge in [-0.1, -0.05) is 13.0 Å². The zero-order valence-electron chi connectivity index (χ0n) is 13.4. The molecule has 2 atom stereocenters. The van der Waals surface area contributed by atoms with Gasteiger partial charge in [-0.05, 0) is 50.9 Å². The highest BCUT2D eigenvalue weighted by atomic mass is 15.2. The van der Waals surface area contributed by atoms with Crippen LogP contribution in [0.25, 0.3) is 0 Å². The number of rotatable bonds is 5. The minimum absolute atomic E-state index is 0.607. The summed E-state index contributed by atoms with van der Waals surface area (Å²) >= 11 is 0. The van der Waals surface area contributed by atoms with E-state index < -0.39 is 0 Å². The van der Waals surface area contributed by atoms with Crippen molar-refractivity contribution in [3.8, 4) is 0 Å². The summed E-state index contributed by atoms with van der Waals surface area (Å²) in [7, 11) is 4.20. The molecule has 0 saturated carbocycles. The van der Waals surface area contributed by atoms with Crippen molar-refractivity contribution in [2.45, 2.75) is 45.2 Å². The molecule has 20 heavy (non-hydrogen) atoms. The van der Waals surface area contributed by atoms with E-state index in [1.165, 1.54) is 30.6 Å². The summed E-state index contributed by atoms with van der Waals surface area (Å²) < 4.78 is 0. The molecule has 3 heteroatoms. The second kappa shape index (κ2) is 6.98. The third-order valence-corrected chi connectivity index (χ3v) is 4.24. The fourth-order valence-corrected chi connectivity index (χ4v) is 3.04. The predicted molar refractivity (Wildman–Crippen MR) is 88.9 cm³/mol. The zero-order valence-corrected chi connectivity index (χ0v) is 13.4. The predicted octanol–water partition coefficient (Wildman–Crippen LogP) is 3.11. The van der Waals surface area contributed by atoms with Crippen LogP contribution >= 0.6 is 0 Å². The molecule has 0 amide bonds. The molecule has 1 heterocycles. The number of nitrogens with one attached hydrogen (secondary N) is 1. The van der Waals surface area contributed by atoms with Gasteiger partial charge in [0.05, 0.1) is 0 Å². The molecule has 1 aliphatic rings. The topological polar surface area (TPSA) is 18.5 Å². The Morgan fingerprint density at radius 2 is 2.15 bits per heavy atom. The van der Waals surface area contributed by atoms with E-state index in [1.807, 2.05) is 0 Å². The number of hydrogen-bond acceptors (Lipinski definition) is 3. The summed E-state index contributed by atoms with van der Waals surface area (Å²) in [4.78, 5) is 4.72. The molecule has 1 aromatic carbocycles. The highest BCUT2D eigenvalue weighted by molar-refractivity contribution is 5.59. The van der Waals surface area contributed by atoms with Gasteiger partial charge >= 0.3 is 0 Å². The SMILES string of the molecule is CCCNC1CCN(c2cccc(N(C)C)c2)C(C)C1. The molecular weight excluding hydrogens is 246 g/mol. The summed E-state index contributed by atoms with van der Waals surface area (Å²) in [6.07, 6.45) is 3.71. The molecule has 0 aromatic heterocycles. The minimum Gasteiger partial charge on any atom is -0.378 e. The quantitative estimate of drug-likeness (QED) is 0.891. The molecule has 2 unspecified atom stereocenters. The van der Waals surface area contributed by atoms with Gasteiger partial charge in [-0.25, -0.2) is 0 Å². The molecule has 1 fully saturated rings. The van der Waals surface area contributed by atoms with Gasteiger partial charge in [-0.2, -0.15) is 0 Å². The molecule has 112 valence electrons. The van der Waals surface area contributed by atoms with E-state index in [2.05, 4.69) is 67.3 Å². The van der Waals surface area contributed by atoms with E-state index in [1.54, 1.807) is 0 Å². The highest BCUT2D eigenvalue weighted by Gasteiger charge is 2.25. The average molecular weight is 275 g/mol. The van der Waals surface area contributed by atoms with Gasteiger partial charge in [0.1, 0.15) is 0 Å².